The fourth-order valence-electron chi connectivity index (χ4n) is 0.141. The third-order valence-electron chi connectivity index (χ3n) is 0.416. The average molecular weight is 116 g/mol. The highest BCUT2D eigenvalue weighted by molar-refractivity contribution is 5.92. The summed E-state index contributed by atoms with van der Waals surface area (Å²) < 4.78 is 7.73. The van der Waals surface area contributed by atoms with E-state index >= 15 is 0 Å². The lowest BCUT2D eigenvalue weighted by molar-refractivity contribution is 0.999. The van der Waals surface area contributed by atoms with Gasteiger partial charge in [-0.1, -0.05) is 0 Å². The minimum atomic E-state index is 0.891. The zero-order valence-corrected chi connectivity index (χ0v) is 6.55. The van der Waals surface area contributed by atoms with Crippen molar-refractivity contribution in [1.82, 2.24) is 0 Å². The first-order valence-corrected chi connectivity index (χ1v) is 3.03. The molecule has 0 amide bonds. The molecule has 0 fully saturated rings. The highest BCUT2D eigenvalue weighted by Crippen LogP contribution is 1.63. The van der Waals surface area contributed by atoms with E-state index in [1.807, 2.05) is 0 Å². The van der Waals surface area contributed by atoms with E-state index in [0.717, 1.165) is 13.1 Å². The third-order valence-corrected chi connectivity index (χ3v) is 1.05. The van der Waals surface area contributed by atoms with Crippen LogP contribution in [0.2, 0.25) is 0 Å². The van der Waals surface area contributed by atoms with Crippen molar-refractivity contribution in [2.24, 2.45) is 9.27 Å². The van der Waals surface area contributed by atoms with E-state index in [2.05, 4.69) is 9.27 Å². The molecule has 0 saturated heterocycles. The SMILES string of the molecule is [SiH2]=NCCN=[SiH2]. The summed E-state index contributed by atoms with van der Waals surface area (Å²) in [5.74, 6) is 0. The maximum atomic E-state index is 3.86. The molecule has 0 aliphatic carbocycles. The summed E-state index contributed by atoms with van der Waals surface area (Å²) in [5.41, 5.74) is 0. The molecule has 0 bridgehead atoms. The molecule has 0 rings (SSSR count). The Labute approximate surface area is 43.3 Å². The van der Waals surface area contributed by atoms with Crippen molar-refractivity contribution < 1.29 is 0 Å². The van der Waals surface area contributed by atoms with Gasteiger partial charge in [-0.2, -0.15) is 0 Å². The van der Waals surface area contributed by atoms with Crippen LogP contribution in [-0.2, 0) is 0 Å². The average Bonchev–Trinajstić information content (AvgIpc) is 1.61. The van der Waals surface area contributed by atoms with Gasteiger partial charge in [-0.05, 0) is 0 Å². The van der Waals surface area contributed by atoms with Gasteiger partial charge in [0.1, 0.15) is 0 Å². The molecule has 0 N–H and O–H groups in total. The van der Waals surface area contributed by atoms with Crippen LogP contribution in [0.3, 0.4) is 0 Å². The Morgan fingerprint density at radius 3 is 1.50 bits per heavy atom. The van der Waals surface area contributed by atoms with Crippen LogP contribution in [0.4, 0.5) is 0 Å². The van der Waals surface area contributed by atoms with E-state index < -0.39 is 0 Å². The molecule has 0 aliphatic heterocycles. The zero-order valence-electron chi connectivity index (χ0n) is 3.72. The fraction of sp³-hybridized carbons (Fsp3) is 1.00. The normalized spacial score (nSPS) is 7.33. The van der Waals surface area contributed by atoms with Gasteiger partial charge in [-0.25, -0.2) is 0 Å². The van der Waals surface area contributed by atoms with Crippen LogP contribution in [0.5, 0.6) is 0 Å². The van der Waals surface area contributed by atoms with Gasteiger partial charge >= 0.3 is 0 Å². The Balaban J connectivity index is 2.66. The van der Waals surface area contributed by atoms with Crippen molar-refractivity contribution in [2.45, 2.75) is 0 Å². The number of rotatable bonds is 3. The summed E-state index contributed by atoms with van der Waals surface area (Å²) in [6.07, 6.45) is 0. The Bertz CT molecular complexity index is 45.5. The predicted octanol–water partition coefficient (Wildman–Crippen LogP) is -1.38. The van der Waals surface area contributed by atoms with Crippen molar-refractivity contribution >= 4 is 20.1 Å². The maximum absolute atomic E-state index is 3.86. The summed E-state index contributed by atoms with van der Waals surface area (Å²) in [6.45, 7) is 1.78. The van der Waals surface area contributed by atoms with Crippen LogP contribution in [0.15, 0.2) is 9.27 Å². The lowest BCUT2D eigenvalue weighted by Crippen LogP contribution is -1.81. The number of hydrogen-bond acceptors (Lipinski definition) is 2. The van der Waals surface area contributed by atoms with Crippen LogP contribution in [0, 0.1) is 0 Å². The Morgan fingerprint density at radius 1 is 1.00 bits per heavy atom. The highest BCUT2D eigenvalue weighted by atomic mass is 28.1. The van der Waals surface area contributed by atoms with E-state index in [9.17, 15) is 0 Å². The monoisotopic (exact) mass is 116 g/mol. The lowest BCUT2D eigenvalue weighted by Gasteiger charge is -1.79. The first-order chi connectivity index (χ1) is 2.91. The smallest absolute Gasteiger partial charge is 0.0888 e. The second-order valence-electron chi connectivity index (χ2n) is 0.894. The summed E-state index contributed by atoms with van der Waals surface area (Å²) in [6, 6.07) is 0. The van der Waals surface area contributed by atoms with Crippen molar-refractivity contribution in [3.8, 4) is 0 Å². The molecule has 0 aromatic carbocycles. The number of nitrogens with zero attached hydrogens (tertiary/aromatic N) is 2. The topological polar surface area (TPSA) is 24.7 Å². The van der Waals surface area contributed by atoms with Crippen LogP contribution in [0.1, 0.15) is 0 Å². The molecule has 0 radical (unpaired) electrons. The second kappa shape index (κ2) is 5.03. The summed E-state index contributed by atoms with van der Waals surface area (Å²) in [5, 5.41) is 0. The van der Waals surface area contributed by atoms with Gasteiger partial charge < -0.3 is 9.27 Å². The first-order valence-electron chi connectivity index (χ1n) is 1.76. The molecule has 4 heteroatoms. The number of hydrogen-bond donors (Lipinski definition) is 0. The van der Waals surface area contributed by atoms with Crippen LogP contribution < -0.4 is 0 Å². The molecule has 0 aromatic heterocycles. The maximum Gasteiger partial charge on any atom is 0.0888 e. The largest absolute Gasteiger partial charge is 0.342 e. The van der Waals surface area contributed by atoms with Gasteiger partial charge in [0.15, 0.2) is 0 Å². The summed E-state index contributed by atoms with van der Waals surface area (Å²) >= 11 is 0. The fourth-order valence-corrected chi connectivity index (χ4v) is 0.424. The van der Waals surface area contributed by atoms with Crippen molar-refractivity contribution in [3.05, 3.63) is 0 Å². The molecule has 34 valence electrons. The van der Waals surface area contributed by atoms with E-state index in [1.165, 1.54) is 0 Å². The van der Waals surface area contributed by atoms with Crippen LogP contribution >= 0.6 is 0 Å². The molecule has 0 saturated carbocycles. The van der Waals surface area contributed by atoms with Crippen molar-refractivity contribution in [3.63, 3.8) is 0 Å². The quantitative estimate of drug-likeness (QED) is 0.321. The van der Waals surface area contributed by atoms with Gasteiger partial charge in [-0.15, -0.1) is 0 Å². The van der Waals surface area contributed by atoms with Gasteiger partial charge in [0.2, 0.25) is 0 Å². The van der Waals surface area contributed by atoms with Gasteiger partial charge in [0.25, 0.3) is 0 Å². The van der Waals surface area contributed by atoms with E-state index in [4.69, 9.17) is 0 Å². The minimum Gasteiger partial charge on any atom is -0.342 e. The molecule has 0 aromatic rings. The molecular formula is C2H8N2Si2. The predicted molar refractivity (Wildman–Crippen MR) is 31.7 cm³/mol. The molecule has 0 unspecified atom stereocenters. The van der Waals surface area contributed by atoms with Gasteiger partial charge in [0, 0.05) is 13.1 Å². The van der Waals surface area contributed by atoms with Crippen LogP contribution in [0.25, 0.3) is 0 Å². The standard InChI is InChI=1S/C2H8N2Si2/c5-3-1-2-4-6/h1-2,5-6H2. The van der Waals surface area contributed by atoms with Crippen molar-refractivity contribution in [2.75, 3.05) is 13.1 Å². The lowest BCUT2D eigenvalue weighted by atomic mass is 10.7. The van der Waals surface area contributed by atoms with E-state index in [0.29, 0.717) is 0 Å². The molecule has 0 heterocycles. The van der Waals surface area contributed by atoms with Gasteiger partial charge in [-0.3, -0.25) is 0 Å². The zero-order chi connectivity index (χ0) is 4.83. The Kier molecular flexibility index (Phi) is 5.06. The molecule has 2 nitrogen and oxygen atoms in total. The molecule has 0 atom stereocenters. The molecule has 6 heavy (non-hydrogen) atoms. The Hall–Kier alpha value is 0.0338. The molecule has 0 spiro atoms. The molecule has 0 aliphatic rings. The summed E-state index contributed by atoms with van der Waals surface area (Å²) in [4.78, 5) is 0. The van der Waals surface area contributed by atoms with E-state index in [-0.39, 0.29) is 0 Å². The molecular weight excluding hydrogens is 108 g/mol. The van der Waals surface area contributed by atoms with Gasteiger partial charge in [0.05, 0.1) is 20.1 Å². The van der Waals surface area contributed by atoms with Crippen molar-refractivity contribution in [1.29, 1.82) is 0 Å². The first kappa shape index (κ1) is 6.03. The van der Waals surface area contributed by atoms with E-state index in [1.54, 1.807) is 20.1 Å². The second-order valence-corrected chi connectivity index (χ2v) is 1.79. The minimum absolute atomic E-state index is 0.891. The highest BCUT2D eigenvalue weighted by Gasteiger charge is 1.65. The Morgan fingerprint density at radius 2 is 1.33 bits per heavy atom. The summed E-state index contributed by atoms with van der Waals surface area (Å²) in [7, 11) is 3.27. The van der Waals surface area contributed by atoms with Crippen LogP contribution in [-0.4, -0.2) is 33.2 Å². The third kappa shape index (κ3) is 4.03.